The van der Waals surface area contributed by atoms with Crippen LogP contribution >= 0.6 is 11.3 Å². The molecule has 0 fully saturated rings. The van der Waals surface area contributed by atoms with Crippen molar-refractivity contribution in [1.29, 1.82) is 0 Å². The van der Waals surface area contributed by atoms with Crippen molar-refractivity contribution >= 4 is 33.3 Å². The fourth-order valence-electron chi connectivity index (χ4n) is 2.52. The van der Waals surface area contributed by atoms with Crippen molar-refractivity contribution in [3.63, 3.8) is 0 Å². The normalized spacial score (nSPS) is 10.8. The number of carbonyl (C=O) groups excluding carboxylic acids is 1. The van der Waals surface area contributed by atoms with Gasteiger partial charge in [0.05, 0.1) is 11.2 Å². The van der Waals surface area contributed by atoms with E-state index in [-0.39, 0.29) is 5.91 Å². The highest BCUT2D eigenvalue weighted by Gasteiger charge is 2.11. The molecule has 1 amide bonds. The Balaban J connectivity index is 1.57. The van der Waals surface area contributed by atoms with Crippen LogP contribution in [0.25, 0.3) is 22.2 Å². The van der Waals surface area contributed by atoms with Crippen LogP contribution < -0.4 is 5.32 Å². The first-order valence-electron chi connectivity index (χ1n) is 7.74. The standard InChI is InChI=1S/C19H14N4OS/c1-12-2-3-13-4-5-15(10-16(13)21-12)18(24)23-19-22-17(11-25-19)14-6-8-20-9-7-14/h2-11H,1H3,(H,22,23,24). The Labute approximate surface area is 148 Å². The number of pyridine rings is 2. The first kappa shape index (κ1) is 15.4. The molecule has 0 saturated heterocycles. The largest absolute Gasteiger partial charge is 0.298 e. The molecule has 5 nitrogen and oxygen atoms in total. The average molecular weight is 346 g/mol. The first-order chi connectivity index (χ1) is 12.2. The van der Waals surface area contributed by atoms with E-state index < -0.39 is 0 Å². The Kier molecular flexibility index (Phi) is 3.95. The zero-order chi connectivity index (χ0) is 17.2. The number of rotatable bonds is 3. The number of nitrogens with zero attached hydrogens (tertiary/aromatic N) is 3. The van der Waals surface area contributed by atoms with E-state index >= 15 is 0 Å². The van der Waals surface area contributed by atoms with E-state index in [9.17, 15) is 4.79 Å². The van der Waals surface area contributed by atoms with Crippen molar-refractivity contribution < 1.29 is 4.79 Å². The third-order valence-electron chi connectivity index (χ3n) is 3.79. The van der Waals surface area contributed by atoms with E-state index in [0.29, 0.717) is 10.7 Å². The van der Waals surface area contributed by atoms with Gasteiger partial charge >= 0.3 is 0 Å². The van der Waals surface area contributed by atoms with Gasteiger partial charge in [-0.1, -0.05) is 12.1 Å². The summed E-state index contributed by atoms with van der Waals surface area (Å²) in [6.07, 6.45) is 3.44. The lowest BCUT2D eigenvalue weighted by atomic mass is 10.1. The van der Waals surface area contributed by atoms with Gasteiger partial charge in [-0.25, -0.2) is 4.98 Å². The molecule has 0 spiro atoms. The van der Waals surface area contributed by atoms with Gasteiger partial charge in [-0.3, -0.25) is 20.1 Å². The number of benzene rings is 1. The van der Waals surface area contributed by atoms with Crippen LogP contribution in [0.5, 0.6) is 0 Å². The van der Waals surface area contributed by atoms with Gasteiger partial charge in [0.15, 0.2) is 5.13 Å². The predicted molar refractivity (Wildman–Crippen MR) is 99.8 cm³/mol. The summed E-state index contributed by atoms with van der Waals surface area (Å²) in [5.41, 5.74) is 4.08. The molecule has 0 aliphatic rings. The summed E-state index contributed by atoms with van der Waals surface area (Å²) in [6, 6.07) is 13.2. The van der Waals surface area contributed by atoms with Crippen molar-refractivity contribution in [3.05, 3.63) is 71.5 Å². The number of nitrogens with one attached hydrogen (secondary N) is 1. The fraction of sp³-hybridized carbons (Fsp3) is 0.0526. The molecule has 0 atom stereocenters. The molecular formula is C19H14N4OS. The van der Waals surface area contributed by atoms with Crippen LogP contribution in [0.15, 0.2) is 60.2 Å². The quantitative estimate of drug-likeness (QED) is 0.600. The molecule has 6 heteroatoms. The Morgan fingerprint density at radius 3 is 2.68 bits per heavy atom. The number of anilines is 1. The molecule has 0 bridgehead atoms. The number of hydrogen-bond acceptors (Lipinski definition) is 5. The number of thiazole rings is 1. The summed E-state index contributed by atoms with van der Waals surface area (Å²) in [5.74, 6) is -0.194. The molecule has 1 aromatic carbocycles. The van der Waals surface area contributed by atoms with E-state index in [1.165, 1.54) is 11.3 Å². The molecule has 4 aromatic rings. The first-order valence-corrected chi connectivity index (χ1v) is 8.62. The number of hydrogen-bond donors (Lipinski definition) is 1. The highest BCUT2D eigenvalue weighted by atomic mass is 32.1. The summed E-state index contributed by atoms with van der Waals surface area (Å²) in [4.78, 5) is 25.4. The molecule has 0 aliphatic heterocycles. The smallest absolute Gasteiger partial charge is 0.257 e. The molecule has 0 unspecified atom stereocenters. The van der Waals surface area contributed by atoms with Crippen LogP contribution in [-0.2, 0) is 0 Å². The van der Waals surface area contributed by atoms with Gasteiger partial charge in [0, 0.05) is 40.0 Å². The van der Waals surface area contributed by atoms with E-state index in [0.717, 1.165) is 27.9 Å². The van der Waals surface area contributed by atoms with E-state index in [1.54, 1.807) is 24.5 Å². The molecule has 3 aromatic heterocycles. The Morgan fingerprint density at radius 1 is 1.04 bits per heavy atom. The van der Waals surface area contributed by atoms with Gasteiger partial charge in [0.25, 0.3) is 5.91 Å². The van der Waals surface area contributed by atoms with Gasteiger partial charge in [0.2, 0.25) is 0 Å². The van der Waals surface area contributed by atoms with Crippen molar-refractivity contribution in [2.24, 2.45) is 0 Å². The lowest BCUT2D eigenvalue weighted by molar-refractivity contribution is 0.102. The molecule has 0 saturated carbocycles. The van der Waals surface area contributed by atoms with Crippen LogP contribution in [0.4, 0.5) is 5.13 Å². The SMILES string of the molecule is Cc1ccc2ccc(C(=O)Nc3nc(-c4ccncc4)cs3)cc2n1. The summed E-state index contributed by atoms with van der Waals surface area (Å²) >= 11 is 1.39. The maximum absolute atomic E-state index is 12.5. The molecule has 0 aliphatic carbocycles. The maximum atomic E-state index is 12.5. The summed E-state index contributed by atoms with van der Waals surface area (Å²) < 4.78 is 0. The van der Waals surface area contributed by atoms with Crippen molar-refractivity contribution in [2.75, 3.05) is 5.32 Å². The minimum absolute atomic E-state index is 0.194. The van der Waals surface area contributed by atoms with Crippen LogP contribution in [0, 0.1) is 6.92 Å². The van der Waals surface area contributed by atoms with E-state index in [4.69, 9.17) is 0 Å². The van der Waals surface area contributed by atoms with Gasteiger partial charge < -0.3 is 0 Å². The second-order valence-electron chi connectivity index (χ2n) is 5.59. The number of fused-ring (bicyclic) bond motifs is 1. The minimum Gasteiger partial charge on any atom is -0.298 e. The average Bonchev–Trinajstić information content (AvgIpc) is 3.10. The molecule has 25 heavy (non-hydrogen) atoms. The van der Waals surface area contributed by atoms with Crippen LogP contribution in [0.2, 0.25) is 0 Å². The van der Waals surface area contributed by atoms with Gasteiger partial charge in [0.1, 0.15) is 0 Å². The summed E-state index contributed by atoms with van der Waals surface area (Å²) in [5, 5.41) is 6.34. The maximum Gasteiger partial charge on any atom is 0.257 e. The minimum atomic E-state index is -0.194. The molecule has 4 rings (SSSR count). The zero-order valence-electron chi connectivity index (χ0n) is 13.4. The molecule has 122 valence electrons. The van der Waals surface area contributed by atoms with Crippen molar-refractivity contribution in [3.8, 4) is 11.3 Å². The van der Waals surface area contributed by atoms with E-state index in [1.807, 2.05) is 42.6 Å². The lowest BCUT2D eigenvalue weighted by Crippen LogP contribution is -2.11. The summed E-state index contributed by atoms with van der Waals surface area (Å²) in [7, 11) is 0. The van der Waals surface area contributed by atoms with Gasteiger partial charge in [-0.05, 0) is 37.3 Å². The topological polar surface area (TPSA) is 67.8 Å². The Hall–Kier alpha value is -3.12. The van der Waals surface area contributed by atoms with Crippen molar-refractivity contribution in [2.45, 2.75) is 6.92 Å². The number of carbonyl (C=O) groups is 1. The highest BCUT2D eigenvalue weighted by molar-refractivity contribution is 7.14. The third kappa shape index (κ3) is 3.25. The lowest BCUT2D eigenvalue weighted by Gasteiger charge is -2.04. The Bertz CT molecular complexity index is 1060. The van der Waals surface area contributed by atoms with Gasteiger partial charge in [-0.15, -0.1) is 11.3 Å². The van der Waals surface area contributed by atoms with Crippen LogP contribution in [0.1, 0.15) is 16.1 Å². The predicted octanol–water partition coefficient (Wildman–Crippen LogP) is 4.31. The second-order valence-corrected chi connectivity index (χ2v) is 6.45. The molecule has 0 radical (unpaired) electrons. The van der Waals surface area contributed by atoms with E-state index in [2.05, 4.69) is 20.3 Å². The Morgan fingerprint density at radius 2 is 1.84 bits per heavy atom. The molecular weight excluding hydrogens is 332 g/mol. The van der Waals surface area contributed by atoms with Crippen LogP contribution in [-0.4, -0.2) is 20.9 Å². The monoisotopic (exact) mass is 346 g/mol. The highest BCUT2D eigenvalue weighted by Crippen LogP contribution is 2.25. The molecule has 3 heterocycles. The summed E-state index contributed by atoms with van der Waals surface area (Å²) in [6.45, 7) is 1.93. The number of aryl methyl sites for hydroxylation is 1. The number of aromatic nitrogens is 3. The molecule has 1 N–H and O–H groups in total. The second kappa shape index (κ2) is 6.41. The zero-order valence-corrected chi connectivity index (χ0v) is 14.2. The van der Waals surface area contributed by atoms with Crippen LogP contribution in [0.3, 0.4) is 0 Å². The van der Waals surface area contributed by atoms with Gasteiger partial charge in [-0.2, -0.15) is 0 Å². The third-order valence-corrected chi connectivity index (χ3v) is 4.55. The number of amides is 1. The van der Waals surface area contributed by atoms with Crippen molar-refractivity contribution in [1.82, 2.24) is 15.0 Å². The fourth-order valence-corrected chi connectivity index (χ4v) is 3.23.